The van der Waals surface area contributed by atoms with Gasteiger partial charge < -0.3 is 4.90 Å². The molecule has 3 rings (SSSR count). The summed E-state index contributed by atoms with van der Waals surface area (Å²) in [5.74, 6) is 0.0201. The lowest BCUT2D eigenvalue weighted by atomic mass is 9.98. The Kier molecular flexibility index (Phi) is 5.02. The van der Waals surface area contributed by atoms with E-state index in [0.29, 0.717) is 11.1 Å². The molecule has 2 nitrogen and oxygen atoms in total. The summed E-state index contributed by atoms with van der Waals surface area (Å²) in [5, 5.41) is -0.212. The van der Waals surface area contributed by atoms with Gasteiger partial charge in [-0.25, -0.2) is 0 Å². The van der Waals surface area contributed by atoms with E-state index in [1.54, 1.807) is 0 Å². The summed E-state index contributed by atoms with van der Waals surface area (Å²) in [7, 11) is 1.98. The van der Waals surface area contributed by atoms with E-state index in [0.717, 1.165) is 11.3 Å². The van der Waals surface area contributed by atoms with Gasteiger partial charge in [0.25, 0.3) is 0 Å². The highest BCUT2D eigenvalue weighted by atomic mass is 32.1. The zero-order chi connectivity index (χ0) is 16.9. The Bertz CT molecular complexity index is 818. The van der Waals surface area contributed by atoms with Crippen LogP contribution in [0.15, 0.2) is 84.9 Å². The molecule has 0 heterocycles. The fourth-order valence-corrected chi connectivity index (χ4v) is 3.05. The number of carbonyl (C=O) groups is 1. The molecule has 0 spiro atoms. The third kappa shape index (κ3) is 3.36. The van der Waals surface area contributed by atoms with Crippen molar-refractivity contribution in [2.45, 2.75) is 5.37 Å². The van der Waals surface area contributed by atoms with Crippen molar-refractivity contribution < 1.29 is 4.79 Å². The molecular formula is C21H19NOS. The Morgan fingerprint density at radius 2 is 1.38 bits per heavy atom. The van der Waals surface area contributed by atoms with Crippen molar-refractivity contribution in [1.82, 2.24) is 0 Å². The molecule has 3 aromatic rings. The quantitative estimate of drug-likeness (QED) is 0.403. The fraction of sp³-hybridized carbons (Fsp3) is 0.0952. The summed E-state index contributed by atoms with van der Waals surface area (Å²) in [4.78, 5) is 14.9. The molecule has 0 amide bonds. The molecule has 0 aromatic heterocycles. The van der Waals surface area contributed by atoms with Crippen LogP contribution in [0.4, 0.5) is 5.69 Å². The van der Waals surface area contributed by atoms with Crippen LogP contribution in [-0.4, -0.2) is 12.8 Å². The molecule has 0 saturated heterocycles. The van der Waals surface area contributed by atoms with Crippen LogP contribution < -0.4 is 4.90 Å². The zero-order valence-electron chi connectivity index (χ0n) is 13.5. The number of hydrogen-bond donors (Lipinski definition) is 1. The molecule has 120 valence electrons. The standard InChI is InChI=1S/C21H19NOS/c1-22(17-12-6-3-7-13-17)21(24)19-15-9-8-14-18(19)20(23)16-10-4-2-5-11-16/h2-15,21,24H,1H3. The minimum absolute atomic E-state index is 0.0201. The van der Waals surface area contributed by atoms with Crippen molar-refractivity contribution in [2.75, 3.05) is 11.9 Å². The first-order chi connectivity index (χ1) is 11.7. The van der Waals surface area contributed by atoms with Gasteiger partial charge in [0, 0.05) is 23.9 Å². The maximum atomic E-state index is 12.9. The second-order valence-corrected chi connectivity index (χ2v) is 6.09. The predicted octanol–water partition coefficient (Wildman–Crippen LogP) is 4.98. The summed E-state index contributed by atoms with van der Waals surface area (Å²) in [6, 6.07) is 27.1. The Morgan fingerprint density at radius 1 is 0.833 bits per heavy atom. The monoisotopic (exact) mass is 333 g/mol. The van der Waals surface area contributed by atoms with E-state index in [4.69, 9.17) is 12.6 Å². The molecule has 0 bridgehead atoms. The number of para-hydroxylation sites is 1. The van der Waals surface area contributed by atoms with Crippen molar-refractivity contribution in [1.29, 1.82) is 0 Å². The highest BCUT2D eigenvalue weighted by Crippen LogP contribution is 2.31. The maximum Gasteiger partial charge on any atom is 0.193 e. The molecule has 0 radical (unpaired) electrons. The highest BCUT2D eigenvalue weighted by Gasteiger charge is 2.20. The van der Waals surface area contributed by atoms with E-state index >= 15 is 0 Å². The second kappa shape index (κ2) is 7.37. The van der Waals surface area contributed by atoms with Gasteiger partial charge in [0.2, 0.25) is 0 Å². The number of rotatable bonds is 5. The minimum Gasteiger partial charge on any atom is -0.359 e. The summed E-state index contributed by atoms with van der Waals surface area (Å²) in [6.45, 7) is 0. The van der Waals surface area contributed by atoms with E-state index in [9.17, 15) is 4.79 Å². The van der Waals surface area contributed by atoms with Gasteiger partial charge in [-0.15, -0.1) is 12.6 Å². The van der Waals surface area contributed by atoms with Gasteiger partial charge in [0.05, 0.1) is 5.37 Å². The molecule has 3 aromatic carbocycles. The number of benzene rings is 3. The van der Waals surface area contributed by atoms with Crippen LogP contribution in [0.1, 0.15) is 26.9 Å². The first-order valence-electron chi connectivity index (χ1n) is 7.83. The van der Waals surface area contributed by atoms with Crippen LogP contribution in [0, 0.1) is 0 Å². The van der Waals surface area contributed by atoms with Crippen molar-refractivity contribution in [2.24, 2.45) is 0 Å². The van der Waals surface area contributed by atoms with Crippen LogP contribution in [0.5, 0.6) is 0 Å². The minimum atomic E-state index is -0.212. The second-order valence-electron chi connectivity index (χ2n) is 5.60. The Morgan fingerprint density at radius 3 is 2.04 bits per heavy atom. The van der Waals surface area contributed by atoms with Crippen LogP contribution in [0.25, 0.3) is 0 Å². The van der Waals surface area contributed by atoms with Gasteiger partial charge in [0.1, 0.15) is 0 Å². The summed E-state index contributed by atoms with van der Waals surface area (Å²) in [6.07, 6.45) is 0. The van der Waals surface area contributed by atoms with Gasteiger partial charge in [-0.05, 0) is 17.7 Å². The average molecular weight is 333 g/mol. The van der Waals surface area contributed by atoms with E-state index < -0.39 is 0 Å². The Labute approximate surface area is 148 Å². The van der Waals surface area contributed by atoms with E-state index in [2.05, 4.69) is 4.90 Å². The van der Waals surface area contributed by atoms with E-state index in [1.165, 1.54) is 0 Å². The molecule has 24 heavy (non-hydrogen) atoms. The van der Waals surface area contributed by atoms with Gasteiger partial charge >= 0.3 is 0 Å². The number of anilines is 1. The highest BCUT2D eigenvalue weighted by molar-refractivity contribution is 7.80. The normalized spacial score (nSPS) is 11.8. The molecule has 1 atom stereocenters. The summed E-state index contributed by atoms with van der Waals surface area (Å²) >= 11 is 4.78. The Balaban J connectivity index is 1.96. The molecule has 0 aliphatic rings. The number of nitrogens with zero attached hydrogens (tertiary/aromatic N) is 1. The largest absolute Gasteiger partial charge is 0.359 e. The number of carbonyl (C=O) groups excluding carboxylic acids is 1. The molecule has 0 aliphatic carbocycles. The SMILES string of the molecule is CN(c1ccccc1)C(S)c1ccccc1C(=O)c1ccccc1. The van der Waals surface area contributed by atoms with Gasteiger partial charge in [0.15, 0.2) is 5.78 Å². The first kappa shape index (κ1) is 16.3. The topological polar surface area (TPSA) is 20.3 Å². The smallest absolute Gasteiger partial charge is 0.193 e. The molecule has 0 aliphatic heterocycles. The molecule has 0 N–H and O–H groups in total. The van der Waals surface area contributed by atoms with Gasteiger partial charge in [-0.3, -0.25) is 4.79 Å². The van der Waals surface area contributed by atoms with Crippen LogP contribution in [-0.2, 0) is 0 Å². The maximum absolute atomic E-state index is 12.9. The zero-order valence-corrected chi connectivity index (χ0v) is 14.4. The number of ketones is 1. The van der Waals surface area contributed by atoms with Crippen LogP contribution in [0.3, 0.4) is 0 Å². The molecule has 0 saturated carbocycles. The van der Waals surface area contributed by atoms with Crippen LogP contribution in [0.2, 0.25) is 0 Å². The number of hydrogen-bond acceptors (Lipinski definition) is 3. The lowest BCUT2D eigenvalue weighted by Crippen LogP contribution is -2.22. The molecular weight excluding hydrogens is 314 g/mol. The Hall–Kier alpha value is -2.52. The molecule has 0 fully saturated rings. The van der Waals surface area contributed by atoms with Gasteiger partial charge in [-0.2, -0.15) is 0 Å². The van der Waals surface area contributed by atoms with Gasteiger partial charge in [-0.1, -0.05) is 72.8 Å². The first-order valence-corrected chi connectivity index (χ1v) is 8.35. The third-order valence-corrected chi connectivity index (χ3v) is 4.67. The fourth-order valence-electron chi connectivity index (χ4n) is 2.69. The van der Waals surface area contributed by atoms with E-state index in [1.807, 2.05) is 92.0 Å². The van der Waals surface area contributed by atoms with Crippen molar-refractivity contribution >= 4 is 24.1 Å². The third-order valence-electron chi connectivity index (χ3n) is 4.05. The summed E-state index contributed by atoms with van der Waals surface area (Å²) < 4.78 is 0. The van der Waals surface area contributed by atoms with Crippen molar-refractivity contribution in [3.05, 3.63) is 102 Å². The number of thiol groups is 1. The lowest BCUT2D eigenvalue weighted by molar-refractivity contribution is 0.103. The average Bonchev–Trinajstić information content (AvgIpc) is 2.67. The lowest BCUT2D eigenvalue weighted by Gasteiger charge is -2.28. The molecule has 1 unspecified atom stereocenters. The van der Waals surface area contributed by atoms with Crippen molar-refractivity contribution in [3.8, 4) is 0 Å². The van der Waals surface area contributed by atoms with Crippen molar-refractivity contribution in [3.63, 3.8) is 0 Å². The molecule has 3 heteroatoms. The summed E-state index contributed by atoms with van der Waals surface area (Å²) in [5.41, 5.74) is 3.33. The predicted molar refractivity (Wildman–Crippen MR) is 103 cm³/mol. The van der Waals surface area contributed by atoms with Crippen LogP contribution >= 0.6 is 12.6 Å². The van der Waals surface area contributed by atoms with E-state index in [-0.39, 0.29) is 11.2 Å².